The maximum Gasteiger partial charge on any atom is 0.236 e. The molecule has 148 valence electrons. The molecule has 0 bridgehead atoms. The monoisotopic (exact) mass is 401 g/mol. The molecule has 4 aromatic rings. The summed E-state index contributed by atoms with van der Waals surface area (Å²) in [5.41, 5.74) is 2.13. The van der Waals surface area contributed by atoms with E-state index in [1.165, 1.54) is 22.9 Å². The van der Waals surface area contributed by atoms with E-state index >= 15 is 0 Å². The fourth-order valence-electron chi connectivity index (χ4n) is 3.61. The van der Waals surface area contributed by atoms with Gasteiger partial charge >= 0.3 is 0 Å². The van der Waals surface area contributed by atoms with Crippen LogP contribution in [0, 0.1) is 12.7 Å². The van der Waals surface area contributed by atoms with Gasteiger partial charge < -0.3 is 10.1 Å². The lowest BCUT2D eigenvalue weighted by Crippen LogP contribution is -2.25. The lowest BCUT2D eigenvalue weighted by molar-refractivity contribution is -0.116. The number of rotatable bonds is 3. The molecule has 1 N–H and O–H groups in total. The number of hydrogen-bond donors (Lipinski definition) is 1. The Hall–Kier alpha value is -4.07. The Labute approximate surface area is 171 Å². The number of tetrazole rings is 1. The minimum absolute atomic E-state index is 0.156. The van der Waals surface area contributed by atoms with E-state index in [0.29, 0.717) is 23.0 Å². The fraction of sp³-hybridized carbons (Fsp3) is 0.0909. The average molecular weight is 401 g/mol. The molecule has 0 atom stereocenters. The highest BCUT2D eigenvalue weighted by atomic mass is 19.1. The smallest absolute Gasteiger partial charge is 0.236 e. The van der Waals surface area contributed by atoms with E-state index in [0.717, 1.165) is 11.1 Å². The number of nitrogens with zero attached hydrogens (tertiary/aromatic N) is 4. The highest BCUT2D eigenvalue weighted by Crippen LogP contribution is 2.44. The summed E-state index contributed by atoms with van der Waals surface area (Å²) in [6, 6.07) is 19.2. The first-order valence-corrected chi connectivity index (χ1v) is 9.33. The Morgan fingerprint density at radius 1 is 1.03 bits per heavy atom. The van der Waals surface area contributed by atoms with Gasteiger partial charge in [0, 0.05) is 16.8 Å². The zero-order valence-electron chi connectivity index (χ0n) is 15.9. The molecule has 0 fully saturated rings. The third-order valence-corrected chi connectivity index (χ3v) is 5.01. The lowest BCUT2D eigenvalue weighted by atomic mass is 9.87. The number of amides is 1. The molecule has 0 aliphatic carbocycles. The SMILES string of the molecule is Cc1nnnn1-c1cc(NC(=O)C2c3ccccc3Oc3ccccc32)ccc1F. The van der Waals surface area contributed by atoms with E-state index in [1.807, 2.05) is 48.5 Å². The molecule has 0 radical (unpaired) electrons. The summed E-state index contributed by atoms with van der Waals surface area (Å²) in [6.45, 7) is 1.67. The van der Waals surface area contributed by atoms with Crippen LogP contribution < -0.4 is 10.1 Å². The van der Waals surface area contributed by atoms with Crippen molar-refractivity contribution in [1.82, 2.24) is 20.2 Å². The number of hydrogen-bond acceptors (Lipinski definition) is 5. The van der Waals surface area contributed by atoms with E-state index in [9.17, 15) is 9.18 Å². The van der Waals surface area contributed by atoms with E-state index < -0.39 is 11.7 Å². The van der Waals surface area contributed by atoms with Crippen LogP contribution in [0.5, 0.6) is 11.5 Å². The highest BCUT2D eigenvalue weighted by Gasteiger charge is 2.32. The van der Waals surface area contributed by atoms with Crippen LogP contribution in [-0.2, 0) is 4.79 Å². The molecular weight excluding hydrogens is 385 g/mol. The number of nitrogens with one attached hydrogen (secondary N) is 1. The van der Waals surface area contributed by atoms with Gasteiger partial charge in [-0.2, -0.15) is 4.68 Å². The molecule has 0 saturated carbocycles. The first-order valence-electron chi connectivity index (χ1n) is 9.33. The number of halogens is 1. The summed E-state index contributed by atoms with van der Waals surface area (Å²) in [4.78, 5) is 13.3. The number of aryl methyl sites for hydroxylation is 1. The third-order valence-electron chi connectivity index (χ3n) is 5.01. The topological polar surface area (TPSA) is 81.9 Å². The molecule has 30 heavy (non-hydrogen) atoms. The van der Waals surface area contributed by atoms with Gasteiger partial charge in [0.15, 0.2) is 5.82 Å². The van der Waals surface area contributed by atoms with Crippen LogP contribution in [0.3, 0.4) is 0 Å². The maximum atomic E-state index is 14.4. The summed E-state index contributed by atoms with van der Waals surface area (Å²) in [7, 11) is 0. The molecule has 5 rings (SSSR count). The first kappa shape index (κ1) is 18.0. The van der Waals surface area contributed by atoms with Crippen molar-refractivity contribution < 1.29 is 13.9 Å². The minimum Gasteiger partial charge on any atom is -0.457 e. The van der Waals surface area contributed by atoms with E-state index in [1.54, 1.807) is 6.92 Å². The van der Waals surface area contributed by atoms with Crippen molar-refractivity contribution >= 4 is 11.6 Å². The molecule has 1 aliphatic rings. The van der Waals surface area contributed by atoms with E-state index in [2.05, 4.69) is 20.8 Å². The molecule has 8 heteroatoms. The normalized spacial score (nSPS) is 12.6. The summed E-state index contributed by atoms with van der Waals surface area (Å²) in [5, 5.41) is 14.0. The standard InChI is InChI=1S/C22H16FN5O2/c1-13-25-26-27-28(13)18-12-14(10-11-17(18)23)24-22(29)21-15-6-2-4-8-19(15)30-20-9-5-3-7-16(20)21/h2-12,21H,1H3,(H,24,29). The lowest BCUT2D eigenvalue weighted by Gasteiger charge is -2.27. The van der Waals surface area contributed by atoms with Crippen molar-refractivity contribution in [3.63, 3.8) is 0 Å². The van der Waals surface area contributed by atoms with Gasteiger partial charge in [0.25, 0.3) is 0 Å². The Bertz CT molecular complexity index is 1220. The number of carbonyl (C=O) groups is 1. The molecule has 0 unspecified atom stereocenters. The molecule has 2 heterocycles. The highest BCUT2D eigenvalue weighted by molar-refractivity contribution is 5.99. The molecular formula is C22H16FN5O2. The van der Waals surface area contributed by atoms with Crippen LogP contribution in [0.1, 0.15) is 22.9 Å². The molecule has 1 aromatic heterocycles. The molecule has 7 nitrogen and oxygen atoms in total. The summed E-state index contributed by atoms with van der Waals surface area (Å²) in [5.74, 6) is 0.411. The molecule has 3 aromatic carbocycles. The van der Waals surface area contributed by atoms with Crippen molar-refractivity contribution in [1.29, 1.82) is 0 Å². The Morgan fingerprint density at radius 2 is 1.70 bits per heavy atom. The summed E-state index contributed by atoms with van der Waals surface area (Å²) >= 11 is 0. The molecule has 0 spiro atoms. The van der Waals surface area contributed by atoms with Gasteiger partial charge in [-0.15, -0.1) is 5.10 Å². The van der Waals surface area contributed by atoms with Crippen molar-refractivity contribution in [3.8, 4) is 17.2 Å². The van der Waals surface area contributed by atoms with Crippen molar-refractivity contribution in [2.75, 3.05) is 5.32 Å². The maximum absolute atomic E-state index is 14.4. The predicted molar refractivity (Wildman–Crippen MR) is 107 cm³/mol. The molecule has 1 aliphatic heterocycles. The quantitative estimate of drug-likeness (QED) is 0.561. The number of fused-ring (bicyclic) bond motifs is 2. The number of aromatic nitrogens is 4. The van der Waals surface area contributed by atoms with Crippen LogP contribution >= 0.6 is 0 Å². The largest absolute Gasteiger partial charge is 0.457 e. The van der Waals surface area contributed by atoms with Gasteiger partial charge in [-0.3, -0.25) is 4.79 Å². The molecule has 0 saturated heterocycles. The van der Waals surface area contributed by atoms with Crippen molar-refractivity contribution in [2.24, 2.45) is 0 Å². The zero-order chi connectivity index (χ0) is 20.7. The Morgan fingerprint density at radius 3 is 2.33 bits per heavy atom. The fourth-order valence-corrected chi connectivity index (χ4v) is 3.61. The summed E-state index contributed by atoms with van der Waals surface area (Å²) in [6.07, 6.45) is 0. The van der Waals surface area contributed by atoms with E-state index in [-0.39, 0.29) is 11.6 Å². The van der Waals surface area contributed by atoms with Gasteiger partial charge in [-0.1, -0.05) is 36.4 Å². The van der Waals surface area contributed by atoms with Gasteiger partial charge in [0.1, 0.15) is 23.0 Å². The number of benzene rings is 3. The van der Waals surface area contributed by atoms with Gasteiger partial charge in [-0.05, 0) is 47.7 Å². The zero-order valence-corrected chi connectivity index (χ0v) is 15.9. The number of carbonyl (C=O) groups excluding carboxylic acids is 1. The second-order valence-electron chi connectivity index (χ2n) is 6.90. The third kappa shape index (κ3) is 2.98. The van der Waals surface area contributed by atoms with Crippen LogP contribution in [0.15, 0.2) is 66.7 Å². The Kier molecular flexibility index (Phi) is 4.24. The van der Waals surface area contributed by atoms with Gasteiger partial charge in [0.2, 0.25) is 5.91 Å². The van der Waals surface area contributed by atoms with Crippen molar-refractivity contribution in [2.45, 2.75) is 12.8 Å². The van der Waals surface area contributed by atoms with Gasteiger partial charge in [0.05, 0.1) is 5.92 Å². The van der Waals surface area contributed by atoms with Crippen LogP contribution in [0.2, 0.25) is 0 Å². The van der Waals surface area contributed by atoms with Crippen LogP contribution in [0.25, 0.3) is 5.69 Å². The second kappa shape index (κ2) is 7.07. The summed E-state index contributed by atoms with van der Waals surface area (Å²) < 4.78 is 21.6. The van der Waals surface area contributed by atoms with E-state index in [4.69, 9.17) is 4.74 Å². The predicted octanol–water partition coefficient (Wildman–Crippen LogP) is 3.99. The average Bonchev–Trinajstić information content (AvgIpc) is 3.18. The van der Waals surface area contributed by atoms with Crippen LogP contribution in [-0.4, -0.2) is 26.1 Å². The Balaban J connectivity index is 1.52. The number of ether oxygens (including phenoxy) is 1. The minimum atomic E-state index is -0.561. The van der Waals surface area contributed by atoms with Gasteiger partial charge in [-0.25, -0.2) is 4.39 Å². The van der Waals surface area contributed by atoms with Crippen molar-refractivity contribution in [3.05, 3.63) is 89.5 Å². The van der Waals surface area contributed by atoms with Crippen LogP contribution in [0.4, 0.5) is 10.1 Å². The number of para-hydroxylation sites is 2. The second-order valence-corrected chi connectivity index (χ2v) is 6.90. The number of anilines is 1. The first-order chi connectivity index (χ1) is 14.6. The molecule has 1 amide bonds.